The Bertz CT molecular complexity index is 1420. The van der Waals surface area contributed by atoms with Gasteiger partial charge in [0.25, 0.3) is 0 Å². The lowest BCUT2D eigenvalue weighted by Crippen LogP contribution is -2.51. The quantitative estimate of drug-likeness (QED) is 0.153. The fraction of sp³-hybridized carbons (Fsp3) is 0.455. The number of aromatic nitrogens is 2. The number of halogens is 3. The summed E-state index contributed by atoms with van der Waals surface area (Å²) < 4.78 is 48.9. The van der Waals surface area contributed by atoms with Gasteiger partial charge in [0.2, 0.25) is 5.91 Å². The van der Waals surface area contributed by atoms with Crippen molar-refractivity contribution in [2.75, 3.05) is 26.3 Å². The third-order valence-electron chi connectivity index (χ3n) is 7.59. The van der Waals surface area contributed by atoms with E-state index in [1.165, 1.54) is 12.1 Å². The minimum absolute atomic E-state index is 0.0126. The number of nitriles is 1. The van der Waals surface area contributed by atoms with Gasteiger partial charge in [0, 0.05) is 57.3 Å². The smallest absolute Gasteiger partial charge is 0.382 e. The molecule has 0 aliphatic heterocycles. The van der Waals surface area contributed by atoms with Crippen molar-refractivity contribution in [2.24, 2.45) is 5.92 Å². The Morgan fingerprint density at radius 2 is 1.91 bits per heavy atom. The van der Waals surface area contributed by atoms with Gasteiger partial charge in [-0.15, -0.1) is 0 Å². The highest BCUT2D eigenvalue weighted by Crippen LogP contribution is 2.32. The normalized spacial score (nSPS) is 12.6. The highest BCUT2D eigenvalue weighted by Gasteiger charge is 2.34. The zero-order chi connectivity index (χ0) is 32.8. The first-order valence-corrected chi connectivity index (χ1v) is 15.5. The standard InChI is InChI=1S/C33H41F3N6O2S/c1-4-24(3)30(40-31(43)17-28-19-38-23-42(28)20-26-13-11-25(18-37)12-14-26)22-41(32(45)39-15-8-16-44-5-2)21-27-9-6-7-10-29(27)33(34,35)36/h6-7,9-14,19,23-24,30H,4-5,8,15-17,20-22H2,1-3H3,(H,39,45)(H,40,43)/t24-,30+/m0/s1. The average Bonchev–Trinajstić information content (AvgIpc) is 3.45. The molecule has 0 fully saturated rings. The number of thiocarbonyl (C=S) groups is 1. The van der Waals surface area contributed by atoms with Gasteiger partial charge in [-0.1, -0.05) is 50.6 Å². The van der Waals surface area contributed by atoms with Crippen molar-refractivity contribution in [2.45, 2.75) is 65.3 Å². The fourth-order valence-electron chi connectivity index (χ4n) is 4.82. The number of carbonyl (C=O) groups excluding carboxylic acids is 1. The van der Waals surface area contributed by atoms with Crippen LogP contribution in [0.2, 0.25) is 0 Å². The van der Waals surface area contributed by atoms with Crippen molar-refractivity contribution < 1.29 is 22.7 Å². The van der Waals surface area contributed by atoms with E-state index >= 15 is 0 Å². The lowest BCUT2D eigenvalue weighted by Gasteiger charge is -2.34. The summed E-state index contributed by atoms with van der Waals surface area (Å²) >= 11 is 5.68. The molecule has 0 saturated carbocycles. The van der Waals surface area contributed by atoms with Gasteiger partial charge in [0.05, 0.1) is 29.9 Å². The molecule has 0 radical (unpaired) electrons. The third-order valence-corrected chi connectivity index (χ3v) is 7.99. The minimum Gasteiger partial charge on any atom is -0.382 e. The highest BCUT2D eigenvalue weighted by atomic mass is 32.1. The average molecular weight is 643 g/mol. The van der Waals surface area contributed by atoms with E-state index in [1.54, 1.807) is 35.6 Å². The van der Waals surface area contributed by atoms with Crippen LogP contribution >= 0.6 is 12.2 Å². The number of hydrogen-bond acceptors (Lipinski definition) is 5. The first-order valence-electron chi connectivity index (χ1n) is 15.1. The molecule has 242 valence electrons. The maximum Gasteiger partial charge on any atom is 0.416 e. The van der Waals surface area contributed by atoms with E-state index in [1.807, 2.05) is 37.5 Å². The minimum atomic E-state index is -4.51. The van der Waals surface area contributed by atoms with Gasteiger partial charge in [-0.05, 0) is 60.8 Å². The second kappa shape index (κ2) is 17.5. The molecular formula is C33H41F3N6O2S. The molecule has 0 aliphatic rings. The van der Waals surface area contributed by atoms with Gasteiger partial charge in [0.15, 0.2) is 5.11 Å². The molecule has 3 aromatic rings. The molecule has 0 spiro atoms. The third kappa shape index (κ3) is 11.2. The maximum atomic E-state index is 13.9. The lowest BCUT2D eigenvalue weighted by molar-refractivity contribution is -0.138. The Balaban J connectivity index is 1.77. The van der Waals surface area contributed by atoms with Gasteiger partial charge < -0.3 is 24.8 Å². The van der Waals surface area contributed by atoms with E-state index in [4.69, 9.17) is 22.2 Å². The zero-order valence-corrected chi connectivity index (χ0v) is 26.8. The summed E-state index contributed by atoms with van der Waals surface area (Å²) in [7, 11) is 0. The van der Waals surface area contributed by atoms with E-state index in [0.717, 1.165) is 18.1 Å². The summed E-state index contributed by atoms with van der Waals surface area (Å²) in [6, 6.07) is 14.4. The van der Waals surface area contributed by atoms with Crippen LogP contribution in [0.5, 0.6) is 0 Å². The Labute approximate surface area is 268 Å². The van der Waals surface area contributed by atoms with Gasteiger partial charge in [0.1, 0.15) is 0 Å². The molecule has 8 nitrogen and oxygen atoms in total. The summed E-state index contributed by atoms with van der Waals surface area (Å²) in [6.07, 6.45) is 0.275. The summed E-state index contributed by atoms with van der Waals surface area (Å²) in [5.74, 6) is -0.216. The number of carbonyl (C=O) groups is 1. The zero-order valence-electron chi connectivity index (χ0n) is 25.9. The molecule has 3 rings (SSSR count). The Kier molecular flexibility index (Phi) is 13.8. The number of ether oxygens (including phenoxy) is 1. The van der Waals surface area contributed by atoms with Crippen molar-refractivity contribution >= 4 is 23.2 Å². The van der Waals surface area contributed by atoms with Gasteiger partial charge in [-0.3, -0.25) is 4.79 Å². The van der Waals surface area contributed by atoms with E-state index in [-0.39, 0.29) is 36.9 Å². The topological polar surface area (TPSA) is 95.2 Å². The molecule has 1 amide bonds. The fourth-order valence-corrected chi connectivity index (χ4v) is 5.06. The summed E-state index contributed by atoms with van der Waals surface area (Å²) in [6.45, 7) is 8.17. The van der Waals surface area contributed by atoms with E-state index in [9.17, 15) is 18.0 Å². The van der Waals surface area contributed by atoms with Gasteiger partial charge in [-0.25, -0.2) is 4.98 Å². The van der Waals surface area contributed by atoms with Crippen LogP contribution in [0.15, 0.2) is 61.1 Å². The molecule has 0 bridgehead atoms. The summed E-state index contributed by atoms with van der Waals surface area (Å²) in [5.41, 5.74) is 1.62. The molecule has 0 saturated heterocycles. The first kappa shape index (κ1) is 35.5. The molecule has 0 aliphatic carbocycles. The molecular weight excluding hydrogens is 601 g/mol. The Morgan fingerprint density at radius 1 is 1.18 bits per heavy atom. The van der Waals surface area contributed by atoms with Crippen LogP contribution < -0.4 is 10.6 Å². The number of rotatable bonds is 16. The second-order valence-corrected chi connectivity index (χ2v) is 11.3. The van der Waals surface area contributed by atoms with Crippen molar-refractivity contribution in [3.63, 3.8) is 0 Å². The number of imidazole rings is 1. The monoisotopic (exact) mass is 642 g/mol. The number of nitrogens with one attached hydrogen (secondary N) is 2. The van der Waals surface area contributed by atoms with Crippen molar-refractivity contribution in [1.29, 1.82) is 5.26 Å². The molecule has 1 aromatic heterocycles. The van der Waals surface area contributed by atoms with Crippen LogP contribution in [0.25, 0.3) is 0 Å². The maximum absolute atomic E-state index is 13.9. The molecule has 1 heterocycles. The van der Waals surface area contributed by atoms with Crippen LogP contribution in [-0.4, -0.2) is 57.8 Å². The molecule has 0 unspecified atom stereocenters. The second-order valence-electron chi connectivity index (χ2n) is 10.9. The van der Waals surface area contributed by atoms with E-state index in [0.29, 0.717) is 49.1 Å². The van der Waals surface area contributed by atoms with Gasteiger partial charge >= 0.3 is 6.18 Å². The van der Waals surface area contributed by atoms with E-state index < -0.39 is 17.8 Å². The number of hydrogen-bond donors (Lipinski definition) is 2. The van der Waals surface area contributed by atoms with Crippen LogP contribution in [0.3, 0.4) is 0 Å². The van der Waals surface area contributed by atoms with Crippen molar-refractivity contribution in [1.82, 2.24) is 25.1 Å². The van der Waals surface area contributed by atoms with Crippen LogP contribution in [0.1, 0.15) is 61.6 Å². The van der Waals surface area contributed by atoms with Crippen molar-refractivity contribution in [3.8, 4) is 6.07 Å². The number of alkyl halides is 3. The number of nitrogens with zero attached hydrogens (tertiary/aromatic N) is 4. The van der Waals surface area contributed by atoms with Crippen molar-refractivity contribution in [3.05, 3.63) is 89.0 Å². The van der Waals surface area contributed by atoms with E-state index in [2.05, 4.69) is 21.7 Å². The van der Waals surface area contributed by atoms with Gasteiger partial charge in [-0.2, -0.15) is 18.4 Å². The Hall–Kier alpha value is -3.95. The molecule has 12 heteroatoms. The predicted octanol–water partition coefficient (Wildman–Crippen LogP) is 5.70. The SMILES string of the molecule is CCOCCCNC(=S)N(Cc1ccccc1C(F)(F)F)C[C@@H](NC(=O)Cc1cncn1Cc1ccc(C#N)cc1)[C@@H](C)CC. The molecule has 45 heavy (non-hydrogen) atoms. The van der Waals surface area contributed by atoms with Crippen LogP contribution in [0, 0.1) is 17.2 Å². The number of benzene rings is 2. The molecule has 2 atom stereocenters. The summed E-state index contributed by atoms with van der Waals surface area (Å²) in [5, 5.41) is 15.7. The lowest BCUT2D eigenvalue weighted by atomic mass is 9.97. The van der Waals surface area contributed by atoms with Crippen LogP contribution in [-0.2, 0) is 35.2 Å². The first-order chi connectivity index (χ1) is 21.5. The molecule has 2 N–H and O–H groups in total. The van der Waals surface area contributed by atoms with Crippen LogP contribution in [0.4, 0.5) is 13.2 Å². The molecule has 2 aromatic carbocycles. The largest absolute Gasteiger partial charge is 0.416 e. The number of amides is 1. The predicted molar refractivity (Wildman–Crippen MR) is 171 cm³/mol. The highest BCUT2D eigenvalue weighted by molar-refractivity contribution is 7.80. The Morgan fingerprint density at radius 3 is 2.58 bits per heavy atom. The summed E-state index contributed by atoms with van der Waals surface area (Å²) in [4.78, 5) is 19.3.